The highest BCUT2D eigenvalue weighted by atomic mass is 19.2. The summed E-state index contributed by atoms with van der Waals surface area (Å²) in [6.45, 7) is 3.92. The van der Waals surface area contributed by atoms with E-state index >= 15 is 0 Å². The first-order valence-corrected chi connectivity index (χ1v) is 10.7. The highest BCUT2D eigenvalue weighted by Crippen LogP contribution is 2.39. The van der Waals surface area contributed by atoms with Crippen LogP contribution in [-0.2, 0) is 6.42 Å². The second-order valence-corrected chi connectivity index (χ2v) is 7.88. The van der Waals surface area contributed by atoms with Gasteiger partial charge < -0.3 is 4.74 Å². The van der Waals surface area contributed by atoms with Gasteiger partial charge in [-0.2, -0.15) is 4.39 Å². The molecular weight excluding hydrogens is 392 g/mol. The summed E-state index contributed by atoms with van der Waals surface area (Å²) in [7, 11) is 0. The molecule has 1 fully saturated rings. The molecule has 0 spiro atoms. The minimum atomic E-state index is -0.930. The molecule has 0 bridgehead atoms. The van der Waals surface area contributed by atoms with Crippen LogP contribution < -0.4 is 4.74 Å². The van der Waals surface area contributed by atoms with Crippen LogP contribution in [0.25, 0.3) is 6.08 Å². The predicted molar refractivity (Wildman–Crippen MR) is 112 cm³/mol. The van der Waals surface area contributed by atoms with Gasteiger partial charge >= 0.3 is 0 Å². The number of hydrogen-bond donors (Lipinski definition) is 0. The van der Waals surface area contributed by atoms with Gasteiger partial charge in [0.05, 0.1) is 6.61 Å². The molecule has 0 N–H and O–H groups in total. The number of aryl methyl sites for hydroxylation is 1. The van der Waals surface area contributed by atoms with Gasteiger partial charge in [0.1, 0.15) is 0 Å². The fourth-order valence-corrected chi connectivity index (χ4v) is 4.19. The molecule has 0 radical (unpaired) electrons. The monoisotopic (exact) mass is 420 g/mol. The molecule has 0 atom stereocenters. The van der Waals surface area contributed by atoms with Crippen molar-refractivity contribution in [3.05, 3.63) is 70.3 Å². The molecule has 0 aliphatic heterocycles. The van der Waals surface area contributed by atoms with E-state index in [0.29, 0.717) is 30.4 Å². The summed E-state index contributed by atoms with van der Waals surface area (Å²) < 4.78 is 62.1. The molecule has 0 saturated heterocycles. The average molecular weight is 420 g/mol. The van der Waals surface area contributed by atoms with Crippen LogP contribution in [0.5, 0.6) is 5.75 Å². The van der Waals surface area contributed by atoms with Crippen molar-refractivity contribution in [3.63, 3.8) is 0 Å². The van der Waals surface area contributed by atoms with E-state index in [2.05, 4.69) is 0 Å². The molecule has 30 heavy (non-hydrogen) atoms. The molecular formula is C25H28F4O. The summed E-state index contributed by atoms with van der Waals surface area (Å²) in [5, 5.41) is 0. The molecule has 0 unspecified atom stereocenters. The molecule has 3 rings (SSSR count). The van der Waals surface area contributed by atoms with E-state index < -0.39 is 23.3 Å². The standard InChI is InChI=1S/C25H28F4O/c1-3-5-18-12-13-19(23(27)22(18)26)11-8-16-6-9-17(10-7-16)20-14-15-21(30-4-2)25(29)24(20)28/h8,11-17H,3-7,9-10H2,1-2H3. The smallest absolute Gasteiger partial charge is 0.200 e. The van der Waals surface area contributed by atoms with E-state index in [1.54, 1.807) is 31.2 Å². The number of ether oxygens (including phenoxy) is 1. The first-order valence-electron chi connectivity index (χ1n) is 10.7. The number of benzene rings is 2. The van der Waals surface area contributed by atoms with Crippen LogP contribution in [0.3, 0.4) is 0 Å². The molecule has 0 heterocycles. The Labute approximate surface area is 175 Å². The Morgan fingerprint density at radius 2 is 1.60 bits per heavy atom. The SMILES string of the molecule is CCCc1ccc(C=CC2CCC(c3ccc(OCC)c(F)c3F)CC2)c(F)c1F. The largest absolute Gasteiger partial charge is 0.491 e. The Kier molecular flexibility index (Phi) is 7.57. The summed E-state index contributed by atoms with van der Waals surface area (Å²) in [5.74, 6) is -3.25. The number of hydrogen-bond acceptors (Lipinski definition) is 1. The van der Waals surface area contributed by atoms with Crippen LogP contribution in [0.4, 0.5) is 17.6 Å². The minimum Gasteiger partial charge on any atom is -0.491 e. The van der Waals surface area contributed by atoms with Crippen LogP contribution in [0.2, 0.25) is 0 Å². The molecule has 162 valence electrons. The lowest BCUT2D eigenvalue weighted by Crippen LogP contribution is -2.14. The quantitative estimate of drug-likeness (QED) is 0.420. The van der Waals surface area contributed by atoms with Crippen LogP contribution in [-0.4, -0.2) is 6.61 Å². The molecule has 0 amide bonds. The average Bonchev–Trinajstić information content (AvgIpc) is 2.75. The summed E-state index contributed by atoms with van der Waals surface area (Å²) >= 11 is 0. The van der Waals surface area contributed by atoms with E-state index in [1.807, 2.05) is 13.0 Å². The van der Waals surface area contributed by atoms with Crippen LogP contribution in [0, 0.1) is 29.2 Å². The van der Waals surface area contributed by atoms with E-state index in [9.17, 15) is 17.6 Å². The fraction of sp³-hybridized carbons (Fsp3) is 0.440. The van der Waals surface area contributed by atoms with E-state index in [4.69, 9.17) is 4.74 Å². The molecule has 5 heteroatoms. The lowest BCUT2D eigenvalue weighted by atomic mass is 9.78. The summed E-state index contributed by atoms with van der Waals surface area (Å²) in [6, 6.07) is 6.36. The Balaban J connectivity index is 1.64. The maximum absolute atomic E-state index is 14.5. The zero-order valence-corrected chi connectivity index (χ0v) is 17.5. The Hall–Kier alpha value is -2.30. The predicted octanol–water partition coefficient (Wildman–Crippen LogP) is 7.58. The molecule has 1 aliphatic carbocycles. The maximum Gasteiger partial charge on any atom is 0.200 e. The van der Waals surface area contributed by atoms with Crippen LogP contribution in [0.1, 0.15) is 68.6 Å². The van der Waals surface area contributed by atoms with Gasteiger partial charge in [0.2, 0.25) is 5.82 Å². The van der Waals surface area contributed by atoms with Gasteiger partial charge in [-0.3, -0.25) is 0 Å². The molecule has 0 aromatic heterocycles. The van der Waals surface area contributed by atoms with Crippen molar-refractivity contribution in [2.45, 2.75) is 58.3 Å². The van der Waals surface area contributed by atoms with Gasteiger partial charge in [-0.1, -0.05) is 43.7 Å². The highest BCUT2D eigenvalue weighted by Gasteiger charge is 2.26. The lowest BCUT2D eigenvalue weighted by Gasteiger charge is -2.27. The zero-order chi connectivity index (χ0) is 21.7. The third-order valence-electron chi connectivity index (χ3n) is 5.85. The second-order valence-electron chi connectivity index (χ2n) is 7.88. The topological polar surface area (TPSA) is 9.23 Å². The summed E-state index contributed by atoms with van der Waals surface area (Å²) in [6.07, 6.45) is 7.81. The van der Waals surface area contributed by atoms with Crippen LogP contribution >= 0.6 is 0 Å². The number of rotatable bonds is 7. The van der Waals surface area contributed by atoms with Crippen molar-refractivity contribution in [2.24, 2.45) is 5.92 Å². The third kappa shape index (κ3) is 4.88. The van der Waals surface area contributed by atoms with Crippen molar-refractivity contribution in [3.8, 4) is 5.75 Å². The Morgan fingerprint density at radius 1 is 0.867 bits per heavy atom. The van der Waals surface area contributed by atoms with E-state index in [-0.39, 0.29) is 29.8 Å². The van der Waals surface area contributed by atoms with Crippen molar-refractivity contribution < 1.29 is 22.3 Å². The molecule has 2 aromatic carbocycles. The van der Waals surface area contributed by atoms with Crippen molar-refractivity contribution in [1.29, 1.82) is 0 Å². The van der Waals surface area contributed by atoms with Gasteiger partial charge in [0.25, 0.3) is 0 Å². The van der Waals surface area contributed by atoms with Gasteiger partial charge in [-0.05, 0) is 68.1 Å². The van der Waals surface area contributed by atoms with E-state index in [1.165, 1.54) is 6.07 Å². The van der Waals surface area contributed by atoms with Gasteiger partial charge in [0.15, 0.2) is 23.2 Å². The second kappa shape index (κ2) is 10.1. The zero-order valence-electron chi connectivity index (χ0n) is 17.5. The summed E-state index contributed by atoms with van der Waals surface area (Å²) in [4.78, 5) is 0. The van der Waals surface area contributed by atoms with Crippen molar-refractivity contribution in [2.75, 3.05) is 6.61 Å². The molecule has 2 aromatic rings. The minimum absolute atomic E-state index is 0.0534. The third-order valence-corrected chi connectivity index (χ3v) is 5.85. The van der Waals surface area contributed by atoms with Crippen molar-refractivity contribution in [1.82, 2.24) is 0 Å². The lowest BCUT2D eigenvalue weighted by molar-refractivity contribution is 0.310. The first-order chi connectivity index (χ1) is 14.5. The van der Waals surface area contributed by atoms with Crippen LogP contribution in [0.15, 0.2) is 30.3 Å². The highest BCUT2D eigenvalue weighted by molar-refractivity contribution is 5.51. The first kappa shape index (κ1) is 22.4. The molecule has 1 saturated carbocycles. The normalized spacial score (nSPS) is 19.4. The number of allylic oxidation sites excluding steroid dienone is 1. The number of halogens is 4. The Morgan fingerprint density at radius 3 is 2.27 bits per heavy atom. The summed E-state index contributed by atoms with van der Waals surface area (Å²) in [5.41, 5.74) is 1.03. The van der Waals surface area contributed by atoms with Gasteiger partial charge in [-0.15, -0.1) is 0 Å². The maximum atomic E-state index is 14.5. The fourth-order valence-electron chi connectivity index (χ4n) is 4.19. The van der Waals surface area contributed by atoms with Crippen molar-refractivity contribution >= 4 is 6.08 Å². The van der Waals surface area contributed by atoms with Gasteiger partial charge in [-0.25, -0.2) is 13.2 Å². The Bertz CT molecular complexity index is 899. The molecule has 1 aliphatic rings. The van der Waals surface area contributed by atoms with Gasteiger partial charge in [0, 0.05) is 5.56 Å². The molecule has 1 nitrogen and oxygen atoms in total. The van der Waals surface area contributed by atoms with E-state index in [0.717, 1.165) is 19.3 Å².